The minimum Gasteiger partial charge on any atom is -0.480 e. The van der Waals surface area contributed by atoms with Crippen LogP contribution in [-0.2, 0) is 16.1 Å². The first-order valence-electron chi connectivity index (χ1n) is 6.55. The maximum absolute atomic E-state index is 12.0. The average molecular weight is 283 g/mol. The molecule has 0 saturated carbocycles. The zero-order valence-electron chi connectivity index (χ0n) is 12.0. The Labute approximate surface area is 117 Å². The maximum Gasteiger partial charge on any atom is 0.326 e. The fraction of sp³-hybridized carbons (Fsp3) is 0.615. The van der Waals surface area contributed by atoms with E-state index >= 15 is 0 Å². The van der Waals surface area contributed by atoms with Gasteiger partial charge in [0.2, 0.25) is 0 Å². The van der Waals surface area contributed by atoms with Crippen molar-refractivity contribution in [3.8, 4) is 0 Å². The number of carbonyl (C=O) groups excluding carboxylic acids is 1. The number of nitrogens with zero attached hydrogens (tertiary/aromatic N) is 2. The van der Waals surface area contributed by atoms with Crippen LogP contribution >= 0.6 is 0 Å². The molecule has 0 bridgehead atoms. The number of rotatable bonds is 8. The Morgan fingerprint density at radius 3 is 2.80 bits per heavy atom. The second-order valence-corrected chi connectivity index (χ2v) is 4.63. The van der Waals surface area contributed by atoms with Crippen molar-refractivity contribution < 1.29 is 19.4 Å². The Kier molecular flexibility index (Phi) is 6.17. The number of carbonyl (C=O) groups is 2. The van der Waals surface area contributed by atoms with Crippen LogP contribution in [0.15, 0.2) is 12.3 Å². The molecule has 1 amide bonds. The highest BCUT2D eigenvalue weighted by atomic mass is 16.5. The molecule has 7 nitrogen and oxygen atoms in total. The molecule has 1 aromatic rings. The minimum absolute atomic E-state index is 0.146. The van der Waals surface area contributed by atoms with Gasteiger partial charge in [0.15, 0.2) is 0 Å². The summed E-state index contributed by atoms with van der Waals surface area (Å²) in [6.07, 6.45) is 2.33. The molecule has 0 aliphatic carbocycles. The molecule has 2 atom stereocenters. The number of aliphatic carboxylic acids is 1. The number of carboxylic acid groups (broad SMARTS) is 1. The van der Waals surface area contributed by atoms with E-state index in [-0.39, 0.29) is 11.6 Å². The molecule has 0 aromatic carbocycles. The van der Waals surface area contributed by atoms with E-state index in [1.807, 2.05) is 6.92 Å². The molecular weight excluding hydrogens is 262 g/mol. The first-order chi connectivity index (χ1) is 9.49. The van der Waals surface area contributed by atoms with Crippen LogP contribution in [0.3, 0.4) is 0 Å². The van der Waals surface area contributed by atoms with Crippen molar-refractivity contribution in [1.82, 2.24) is 15.1 Å². The summed E-state index contributed by atoms with van der Waals surface area (Å²) in [6, 6.07) is 0.650. The largest absolute Gasteiger partial charge is 0.480 e. The van der Waals surface area contributed by atoms with Gasteiger partial charge in [-0.1, -0.05) is 20.3 Å². The first kappa shape index (κ1) is 16.2. The van der Waals surface area contributed by atoms with Crippen molar-refractivity contribution in [2.75, 3.05) is 13.7 Å². The maximum atomic E-state index is 12.0. The van der Waals surface area contributed by atoms with Gasteiger partial charge in [-0.3, -0.25) is 9.48 Å². The normalized spacial score (nSPS) is 13.8. The van der Waals surface area contributed by atoms with Gasteiger partial charge in [-0.05, 0) is 12.0 Å². The Bertz CT molecular complexity index is 458. The average Bonchev–Trinajstić information content (AvgIpc) is 2.89. The Morgan fingerprint density at radius 1 is 1.55 bits per heavy atom. The summed E-state index contributed by atoms with van der Waals surface area (Å²) in [6.45, 7) is 4.70. The van der Waals surface area contributed by atoms with Crippen molar-refractivity contribution in [2.24, 2.45) is 5.92 Å². The fourth-order valence-corrected chi connectivity index (χ4v) is 1.69. The van der Waals surface area contributed by atoms with Gasteiger partial charge in [-0.25, -0.2) is 4.79 Å². The highest BCUT2D eigenvalue weighted by Gasteiger charge is 2.26. The van der Waals surface area contributed by atoms with E-state index in [1.165, 1.54) is 0 Å². The van der Waals surface area contributed by atoms with E-state index in [2.05, 4.69) is 10.4 Å². The summed E-state index contributed by atoms with van der Waals surface area (Å²) >= 11 is 0. The van der Waals surface area contributed by atoms with Gasteiger partial charge >= 0.3 is 5.97 Å². The number of carboxylic acids is 1. The Hall–Kier alpha value is -1.89. The van der Waals surface area contributed by atoms with E-state index in [0.717, 1.165) is 0 Å². The van der Waals surface area contributed by atoms with Gasteiger partial charge in [-0.15, -0.1) is 0 Å². The number of methoxy groups -OCH3 is 1. The number of hydrogen-bond donors (Lipinski definition) is 2. The zero-order chi connectivity index (χ0) is 15.1. The topological polar surface area (TPSA) is 93.5 Å². The lowest BCUT2D eigenvalue weighted by Gasteiger charge is -2.19. The van der Waals surface area contributed by atoms with Gasteiger partial charge in [0.1, 0.15) is 11.7 Å². The molecule has 20 heavy (non-hydrogen) atoms. The molecular formula is C13H21N3O4. The molecule has 1 aromatic heterocycles. The second kappa shape index (κ2) is 7.64. The quantitative estimate of drug-likeness (QED) is 0.734. The van der Waals surface area contributed by atoms with Crippen LogP contribution in [-0.4, -0.2) is 46.5 Å². The highest BCUT2D eigenvalue weighted by molar-refractivity contribution is 5.94. The number of ether oxygens (including phenoxy) is 1. The molecule has 1 heterocycles. The van der Waals surface area contributed by atoms with E-state index in [9.17, 15) is 9.59 Å². The molecule has 0 radical (unpaired) electrons. The Morgan fingerprint density at radius 2 is 2.25 bits per heavy atom. The van der Waals surface area contributed by atoms with E-state index in [4.69, 9.17) is 9.84 Å². The van der Waals surface area contributed by atoms with Crippen LogP contribution in [0.25, 0.3) is 0 Å². The predicted molar refractivity (Wildman–Crippen MR) is 72.4 cm³/mol. The minimum atomic E-state index is -1.04. The molecule has 0 aliphatic heterocycles. The SMILES string of the molecule is CC[C@H](C)[C@H](NC(=O)c1ccn(CCOC)n1)C(=O)O. The lowest BCUT2D eigenvalue weighted by atomic mass is 9.99. The predicted octanol–water partition coefficient (Wildman–Crippen LogP) is 0.759. The van der Waals surface area contributed by atoms with Crippen molar-refractivity contribution in [3.63, 3.8) is 0 Å². The van der Waals surface area contributed by atoms with E-state index < -0.39 is 17.9 Å². The molecule has 2 N–H and O–H groups in total. The van der Waals surface area contributed by atoms with Gasteiger partial charge in [-0.2, -0.15) is 5.10 Å². The number of nitrogens with one attached hydrogen (secondary N) is 1. The summed E-state index contributed by atoms with van der Waals surface area (Å²) in [7, 11) is 1.58. The van der Waals surface area contributed by atoms with Crippen LogP contribution in [0, 0.1) is 5.92 Å². The zero-order valence-corrected chi connectivity index (χ0v) is 12.0. The van der Waals surface area contributed by atoms with Gasteiger partial charge in [0, 0.05) is 13.3 Å². The lowest BCUT2D eigenvalue weighted by Crippen LogP contribution is -2.45. The lowest BCUT2D eigenvalue weighted by molar-refractivity contribution is -0.140. The second-order valence-electron chi connectivity index (χ2n) is 4.63. The van der Waals surface area contributed by atoms with E-state index in [0.29, 0.717) is 19.6 Å². The van der Waals surface area contributed by atoms with Gasteiger partial charge < -0.3 is 15.2 Å². The molecule has 0 unspecified atom stereocenters. The van der Waals surface area contributed by atoms with Gasteiger partial charge in [0.05, 0.1) is 13.2 Å². The number of aromatic nitrogens is 2. The van der Waals surface area contributed by atoms with Gasteiger partial charge in [0.25, 0.3) is 5.91 Å². The van der Waals surface area contributed by atoms with Crippen molar-refractivity contribution in [2.45, 2.75) is 32.9 Å². The van der Waals surface area contributed by atoms with Crippen LogP contribution < -0.4 is 5.32 Å². The smallest absolute Gasteiger partial charge is 0.326 e. The molecule has 0 spiro atoms. The number of amides is 1. The molecule has 1 rings (SSSR count). The first-order valence-corrected chi connectivity index (χ1v) is 6.55. The Balaban J connectivity index is 2.69. The van der Waals surface area contributed by atoms with Crippen LogP contribution in [0.1, 0.15) is 30.8 Å². The monoisotopic (exact) mass is 283 g/mol. The summed E-state index contributed by atoms with van der Waals surface area (Å²) in [4.78, 5) is 23.1. The summed E-state index contributed by atoms with van der Waals surface area (Å²) in [5.41, 5.74) is 0.204. The highest BCUT2D eigenvalue weighted by Crippen LogP contribution is 2.09. The van der Waals surface area contributed by atoms with Crippen LogP contribution in [0.5, 0.6) is 0 Å². The van der Waals surface area contributed by atoms with Crippen LogP contribution in [0.2, 0.25) is 0 Å². The molecule has 0 aliphatic rings. The fourth-order valence-electron chi connectivity index (χ4n) is 1.69. The van der Waals surface area contributed by atoms with E-state index in [1.54, 1.807) is 31.0 Å². The third-order valence-corrected chi connectivity index (χ3v) is 3.16. The standard InChI is InChI=1S/C13H21N3O4/c1-4-9(2)11(13(18)19)14-12(17)10-5-6-16(15-10)7-8-20-3/h5-6,9,11H,4,7-8H2,1-3H3,(H,14,17)(H,18,19)/t9-,11-/m0/s1. The summed E-state index contributed by atoms with van der Waals surface area (Å²) in [5, 5.41) is 15.7. The van der Waals surface area contributed by atoms with Crippen molar-refractivity contribution in [1.29, 1.82) is 0 Å². The molecule has 0 saturated heterocycles. The number of hydrogen-bond acceptors (Lipinski definition) is 4. The third-order valence-electron chi connectivity index (χ3n) is 3.16. The molecule has 0 fully saturated rings. The summed E-state index contributed by atoms with van der Waals surface area (Å²) < 4.78 is 6.50. The van der Waals surface area contributed by atoms with Crippen molar-refractivity contribution >= 4 is 11.9 Å². The molecule has 112 valence electrons. The van der Waals surface area contributed by atoms with Crippen LogP contribution in [0.4, 0.5) is 0 Å². The molecule has 7 heteroatoms. The summed E-state index contributed by atoms with van der Waals surface area (Å²) in [5.74, 6) is -1.66. The van der Waals surface area contributed by atoms with Crippen molar-refractivity contribution in [3.05, 3.63) is 18.0 Å². The third kappa shape index (κ3) is 4.34.